The third-order valence-electron chi connectivity index (χ3n) is 11.4. The third kappa shape index (κ3) is 7.59. The lowest BCUT2D eigenvalue weighted by Crippen LogP contribution is -2.59. The average molecular weight is 774 g/mol. The molecule has 0 spiro atoms. The summed E-state index contributed by atoms with van der Waals surface area (Å²) < 4.78 is 46.9. The molecular formula is C39H42F3N9O5. The number of nitrogens with zero attached hydrogens (tertiary/aromatic N) is 7. The molecule has 0 atom stereocenters. The minimum atomic E-state index is -4.67. The smallest absolute Gasteiger partial charge is 0.433 e. The summed E-state index contributed by atoms with van der Waals surface area (Å²) in [5.74, 6) is -0.561. The van der Waals surface area contributed by atoms with E-state index in [0.717, 1.165) is 67.7 Å². The lowest BCUT2D eigenvalue weighted by atomic mass is 9.89. The van der Waals surface area contributed by atoms with E-state index in [-0.39, 0.29) is 35.9 Å². The van der Waals surface area contributed by atoms with Gasteiger partial charge in [0.25, 0.3) is 5.91 Å². The van der Waals surface area contributed by atoms with Gasteiger partial charge in [-0.2, -0.15) is 18.3 Å². The number of amides is 5. The van der Waals surface area contributed by atoms with Crippen LogP contribution < -0.4 is 25.2 Å². The van der Waals surface area contributed by atoms with Crippen LogP contribution in [-0.4, -0.2) is 107 Å². The second-order valence-corrected chi connectivity index (χ2v) is 14.8. The van der Waals surface area contributed by atoms with E-state index >= 15 is 0 Å². The van der Waals surface area contributed by atoms with E-state index in [1.807, 2.05) is 40.0 Å². The van der Waals surface area contributed by atoms with Crippen molar-refractivity contribution in [1.29, 1.82) is 0 Å². The lowest BCUT2D eigenvalue weighted by Gasteiger charge is -2.45. The number of methoxy groups -OCH3 is 1. The van der Waals surface area contributed by atoms with Crippen molar-refractivity contribution in [3.8, 4) is 5.75 Å². The largest absolute Gasteiger partial charge is 0.494 e. The van der Waals surface area contributed by atoms with Crippen LogP contribution in [0.3, 0.4) is 0 Å². The van der Waals surface area contributed by atoms with Gasteiger partial charge in [-0.15, -0.1) is 0 Å². The van der Waals surface area contributed by atoms with Gasteiger partial charge in [-0.1, -0.05) is 6.07 Å². The summed E-state index contributed by atoms with van der Waals surface area (Å²) >= 11 is 0. The number of rotatable bonds is 8. The summed E-state index contributed by atoms with van der Waals surface area (Å²) in [5, 5.41) is 10.6. The number of hydrogen-bond donors (Lipinski definition) is 2. The Labute approximate surface area is 320 Å². The fourth-order valence-electron chi connectivity index (χ4n) is 8.18. The Bertz CT molecular complexity index is 2140. The standard InChI is InChI=1S/C39H42F3N9O5/c1-56-33-20-31-24(19-32(33)44-36(53)30-3-2-4-34(43-30)39(40,41)42)23-51(46-31)29-11-7-26(8-12-29)47-15-17-48(18-16-47)37(54)25-21-49(22-25)27-5-9-28(10-6-27)50-14-13-35(52)45-38(50)55/h2-6,9-10,19-20,23,25-26,29H,7-8,11-18,21-22H2,1H3,(H,44,53)(H,45,52,55). The number of ether oxygens (including phenoxy) is 1. The van der Waals surface area contributed by atoms with Crippen LogP contribution in [0.25, 0.3) is 10.9 Å². The van der Waals surface area contributed by atoms with Crippen molar-refractivity contribution in [2.24, 2.45) is 5.92 Å². The van der Waals surface area contributed by atoms with E-state index in [9.17, 15) is 32.3 Å². The van der Waals surface area contributed by atoms with Crippen LogP contribution >= 0.6 is 0 Å². The molecule has 2 aromatic carbocycles. The van der Waals surface area contributed by atoms with Crippen molar-refractivity contribution in [3.63, 3.8) is 0 Å². The molecule has 4 aromatic rings. The van der Waals surface area contributed by atoms with Gasteiger partial charge in [0.2, 0.25) is 11.8 Å². The Morgan fingerprint density at radius 3 is 2.27 bits per heavy atom. The van der Waals surface area contributed by atoms with E-state index in [4.69, 9.17) is 9.84 Å². The fourth-order valence-corrected chi connectivity index (χ4v) is 8.18. The van der Waals surface area contributed by atoms with Crippen molar-refractivity contribution in [1.82, 2.24) is 29.9 Å². The van der Waals surface area contributed by atoms with E-state index in [1.165, 1.54) is 13.2 Å². The first-order valence-corrected chi connectivity index (χ1v) is 18.8. The number of aromatic nitrogens is 3. The van der Waals surface area contributed by atoms with Gasteiger partial charge in [0.15, 0.2) is 0 Å². The van der Waals surface area contributed by atoms with Gasteiger partial charge < -0.3 is 19.9 Å². The molecule has 5 heterocycles. The third-order valence-corrected chi connectivity index (χ3v) is 11.4. The van der Waals surface area contributed by atoms with E-state index in [1.54, 1.807) is 17.0 Å². The molecule has 0 radical (unpaired) electrons. The predicted octanol–water partition coefficient (Wildman–Crippen LogP) is 4.92. The van der Waals surface area contributed by atoms with Gasteiger partial charge >= 0.3 is 12.2 Å². The maximum Gasteiger partial charge on any atom is 0.433 e. The Morgan fingerprint density at radius 1 is 0.893 bits per heavy atom. The van der Waals surface area contributed by atoms with E-state index in [2.05, 4.69) is 25.4 Å². The van der Waals surface area contributed by atoms with Crippen LogP contribution in [0.5, 0.6) is 5.75 Å². The van der Waals surface area contributed by atoms with Crippen LogP contribution in [0.2, 0.25) is 0 Å². The molecule has 14 nitrogen and oxygen atoms in total. The summed E-state index contributed by atoms with van der Waals surface area (Å²) in [5.41, 5.74) is 1.20. The molecule has 1 aliphatic carbocycles. The van der Waals surface area contributed by atoms with Crippen LogP contribution in [0.15, 0.2) is 60.8 Å². The molecular weight excluding hydrogens is 731 g/mol. The maximum atomic E-state index is 13.4. The minimum Gasteiger partial charge on any atom is -0.494 e. The zero-order chi connectivity index (χ0) is 39.1. The molecule has 0 unspecified atom stereocenters. The number of hydrogen-bond acceptors (Lipinski definition) is 9. The number of nitrogens with one attached hydrogen (secondary N) is 2. The van der Waals surface area contributed by atoms with Gasteiger partial charge in [-0.25, -0.2) is 9.78 Å². The number of fused-ring (bicyclic) bond motifs is 1. The summed E-state index contributed by atoms with van der Waals surface area (Å²) in [7, 11) is 1.45. The van der Waals surface area contributed by atoms with Crippen LogP contribution in [0.1, 0.15) is 54.3 Å². The van der Waals surface area contributed by atoms with Gasteiger partial charge in [0, 0.05) is 87.3 Å². The van der Waals surface area contributed by atoms with Gasteiger partial charge in [0.05, 0.1) is 30.3 Å². The highest BCUT2D eigenvalue weighted by Gasteiger charge is 2.38. The maximum absolute atomic E-state index is 13.4. The number of imide groups is 1. The zero-order valence-corrected chi connectivity index (χ0v) is 30.8. The Kier molecular flexibility index (Phi) is 10.0. The molecule has 1 saturated carbocycles. The second-order valence-electron chi connectivity index (χ2n) is 14.8. The summed E-state index contributed by atoms with van der Waals surface area (Å²) in [6.45, 7) is 4.76. The van der Waals surface area contributed by atoms with E-state index in [0.29, 0.717) is 55.7 Å². The van der Waals surface area contributed by atoms with Crippen molar-refractivity contribution < 1.29 is 37.1 Å². The molecule has 4 fully saturated rings. The highest BCUT2D eigenvalue weighted by molar-refractivity contribution is 6.06. The molecule has 3 saturated heterocycles. The number of benzene rings is 2. The predicted molar refractivity (Wildman–Crippen MR) is 201 cm³/mol. The highest BCUT2D eigenvalue weighted by atomic mass is 19.4. The fraction of sp³-hybridized carbons (Fsp3) is 0.436. The molecule has 3 aliphatic heterocycles. The van der Waals surface area contributed by atoms with Gasteiger partial charge in [0.1, 0.15) is 17.1 Å². The Balaban J connectivity index is 0.803. The average Bonchev–Trinajstić information content (AvgIpc) is 3.60. The molecule has 4 aliphatic rings. The molecule has 8 rings (SSSR count). The van der Waals surface area contributed by atoms with Crippen molar-refractivity contribution >= 4 is 51.7 Å². The number of alkyl halides is 3. The number of carbonyl (C=O) groups excluding carboxylic acids is 4. The number of carbonyl (C=O) groups is 4. The first-order valence-electron chi connectivity index (χ1n) is 18.8. The minimum absolute atomic E-state index is 0.0419. The number of urea groups is 1. The normalized spacial score (nSPS) is 21.2. The first-order chi connectivity index (χ1) is 26.9. The summed E-state index contributed by atoms with van der Waals surface area (Å²) in [4.78, 5) is 61.6. The van der Waals surface area contributed by atoms with Crippen molar-refractivity contribution in [2.75, 3.05) is 68.0 Å². The van der Waals surface area contributed by atoms with Crippen LogP contribution in [0, 0.1) is 5.92 Å². The molecule has 17 heteroatoms. The molecule has 294 valence electrons. The van der Waals surface area contributed by atoms with Gasteiger partial charge in [-0.05, 0) is 68.1 Å². The SMILES string of the molecule is COc1cc2nn(C3CCC(N4CCN(C(=O)C5CN(c6ccc(N7CCC(=O)NC7=O)cc6)C5)CC4)CC3)cc2cc1NC(=O)c1cccc(C(F)(F)F)n1. The Hall–Kier alpha value is -5.71. The summed E-state index contributed by atoms with van der Waals surface area (Å²) in [6, 6.07) is 14.4. The van der Waals surface area contributed by atoms with E-state index < -0.39 is 23.8 Å². The topological polar surface area (TPSA) is 145 Å². The number of pyridine rings is 1. The van der Waals surface area contributed by atoms with Gasteiger partial charge in [-0.3, -0.25) is 34.2 Å². The first kappa shape index (κ1) is 37.2. The Morgan fingerprint density at radius 2 is 1.59 bits per heavy atom. The monoisotopic (exact) mass is 773 g/mol. The van der Waals surface area contributed by atoms with Crippen LogP contribution in [-0.2, 0) is 15.8 Å². The molecule has 2 aromatic heterocycles. The molecule has 0 bridgehead atoms. The molecule has 2 N–H and O–H groups in total. The zero-order valence-electron chi connectivity index (χ0n) is 30.8. The number of halogens is 3. The number of piperazine rings is 1. The lowest BCUT2D eigenvalue weighted by molar-refractivity contribution is -0.141. The quantitative estimate of drug-likeness (QED) is 0.255. The van der Waals surface area contributed by atoms with Crippen molar-refractivity contribution in [2.45, 2.75) is 50.4 Å². The highest BCUT2D eigenvalue weighted by Crippen LogP contribution is 2.36. The van der Waals surface area contributed by atoms with Crippen LogP contribution in [0.4, 0.5) is 35.0 Å². The van der Waals surface area contributed by atoms with Crippen molar-refractivity contribution in [3.05, 3.63) is 72.2 Å². The summed E-state index contributed by atoms with van der Waals surface area (Å²) in [6.07, 6.45) is 1.40. The molecule has 56 heavy (non-hydrogen) atoms. The second kappa shape index (κ2) is 15.1. The number of anilines is 3. The molecule has 5 amide bonds.